The van der Waals surface area contributed by atoms with Gasteiger partial charge in [-0.25, -0.2) is 0 Å². The number of esters is 1. The van der Waals surface area contributed by atoms with Crippen LogP contribution in [0.15, 0.2) is 53.1 Å². The number of amides is 2. The summed E-state index contributed by atoms with van der Waals surface area (Å²) in [6.45, 7) is 2.12. The normalized spacial score (nSPS) is 17.3. The molecule has 2 aromatic carbocycles. The van der Waals surface area contributed by atoms with Crippen LogP contribution in [0.4, 0.5) is 18.9 Å². The predicted octanol–water partition coefficient (Wildman–Crippen LogP) is 4.87. The van der Waals surface area contributed by atoms with E-state index in [2.05, 4.69) is 10.6 Å². The molecule has 3 rings (SSSR count). The Morgan fingerprint density at radius 2 is 1.97 bits per heavy atom. The van der Waals surface area contributed by atoms with Crippen LogP contribution in [-0.4, -0.2) is 37.3 Å². The van der Waals surface area contributed by atoms with Crippen molar-refractivity contribution in [2.45, 2.75) is 19.0 Å². The highest BCUT2D eigenvalue weighted by atomic mass is 35.5. The number of nitrogens with zero attached hydrogens (tertiary/aromatic N) is 1. The number of methoxy groups -OCH3 is 1. The van der Waals surface area contributed by atoms with E-state index in [1.165, 1.54) is 12.1 Å². The number of carbonyl (C=O) groups excluding carboxylic acids is 3. The second-order valence-corrected chi connectivity index (χ2v) is 9.25. The summed E-state index contributed by atoms with van der Waals surface area (Å²) < 4.78 is 49.1. The molecular weight excluding hydrogens is 547 g/mol. The van der Waals surface area contributed by atoms with Gasteiger partial charge in [-0.2, -0.15) is 18.4 Å². The first-order chi connectivity index (χ1) is 18.0. The first-order valence-corrected chi connectivity index (χ1v) is 12.4. The zero-order valence-electron chi connectivity index (χ0n) is 20.0. The lowest BCUT2D eigenvalue weighted by molar-refractivity contribution is -0.150. The summed E-state index contributed by atoms with van der Waals surface area (Å²) in [7, 11) is 1.11. The lowest BCUT2D eigenvalue weighted by Gasteiger charge is -2.31. The van der Waals surface area contributed by atoms with Crippen LogP contribution < -0.4 is 15.4 Å². The fraction of sp³-hybridized carbons (Fsp3) is 0.280. The molecule has 0 unspecified atom stereocenters. The van der Waals surface area contributed by atoms with E-state index in [9.17, 15) is 32.8 Å². The zero-order chi connectivity index (χ0) is 28.0. The molecule has 0 fully saturated rings. The number of nitriles is 1. The fourth-order valence-corrected chi connectivity index (χ4v) is 4.86. The van der Waals surface area contributed by atoms with Crippen molar-refractivity contribution in [2.75, 3.05) is 24.8 Å². The Kier molecular flexibility index (Phi) is 9.30. The average Bonchev–Trinajstić information content (AvgIpc) is 2.87. The minimum absolute atomic E-state index is 0.0166. The molecule has 200 valence electrons. The number of halogens is 4. The number of ether oxygens (including phenoxy) is 2. The third kappa shape index (κ3) is 6.59. The number of rotatable bonds is 8. The molecular formula is C25H21ClF3N3O5S. The molecule has 1 heterocycles. The SMILES string of the molecule is CCOc1ccc([C@H]2C(C#N)=C(SCC(=O)Nc3cccc(C(F)(F)F)c3)NC(=O)[C@@H]2C(=O)OC)cc1Cl. The largest absolute Gasteiger partial charge is 0.492 e. The van der Waals surface area contributed by atoms with Crippen molar-refractivity contribution in [3.05, 3.63) is 69.2 Å². The van der Waals surface area contributed by atoms with E-state index in [1.807, 2.05) is 6.07 Å². The summed E-state index contributed by atoms with van der Waals surface area (Å²) in [5, 5.41) is 15.0. The van der Waals surface area contributed by atoms with E-state index in [4.69, 9.17) is 21.1 Å². The minimum atomic E-state index is -4.58. The van der Waals surface area contributed by atoms with Gasteiger partial charge in [0, 0.05) is 11.6 Å². The van der Waals surface area contributed by atoms with Crippen molar-refractivity contribution >= 4 is 46.8 Å². The van der Waals surface area contributed by atoms with Crippen LogP contribution in [0.5, 0.6) is 5.75 Å². The fourth-order valence-electron chi connectivity index (χ4n) is 3.77. The summed E-state index contributed by atoms with van der Waals surface area (Å²) in [6, 6.07) is 10.7. The molecule has 2 atom stereocenters. The Morgan fingerprint density at radius 3 is 2.58 bits per heavy atom. The number of benzene rings is 2. The third-order valence-electron chi connectivity index (χ3n) is 5.42. The Bertz CT molecular complexity index is 1330. The van der Waals surface area contributed by atoms with Crippen LogP contribution in [0.3, 0.4) is 0 Å². The molecule has 2 aromatic rings. The number of hydrogen-bond donors (Lipinski definition) is 2. The predicted molar refractivity (Wildman–Crippen MR) is 134 cm³/mol. The van der Waals surface area contributed by atoms with Gasteiger partial charge in [-0.15, -0.1) is 0 Å². The van der Waals surface area contributed by atoms with Gasteiger partial charge in [0.25, 0.3) is 0 Å². The Balaban J connectivity index is 1.90. The second-order valence-electron chi connectivity index (χ2n) is 7.86. The van der Waals surface area contributed by atoms with Crippen LogP contribution in [0.25, 0.3) is 0 Å². The van der Waals surface area contributed by atoms with E-state index >= 15 is 0 Å². The molecule has 0 spiro atoms. The Labute approximate surface area is 225 Å². The lowest BCUT2D eigenvalue weighted by Crippen LogP contribution is -2.44. The standard InChI is InChI=1S/C25H21ClF3N3O5S/c1-3-37-18-8-7-13(9-17(18)26)20-16(11-30)23(32-22(34)21(20)24(35)36-2)38-12-19(33)31-15-6-4-5-14(10-15)25(27,28)29/h4-10,20-21H,3,12H2,1-2H3,(H,31,33)(H,32,34)/t20-,21+/m0/s1. The van der Waals surface area contributed by atoms with Crippen molar-refractivity contribution < 1.29 is 37.0 Å². The number of alkyl halides is 3. The lowest BCUT2D eigenvalue weighted by atomic mass is 9.78. The van der Waals surface area contributed by atoms with Gasteiger partial charge in [0.05, 0.1) is 46.7 Å². The van der Waals surface area contributed by atoms with Gasteiger partial charge in [0.15, 0.2) is 0 Å². The molecule has 0 aliphatic carbocycles. The summed E-state index contributed by atoms with van der Waals surface area (Å²) in [6.07, 6.45) is -4.58. The van der Waals surface area contributed by atoms with E-state index in [0.717, 1.165) is 37.1 Å². The molecule has 2 N–H and O–H groups in total. The van der Waals surface area contributed by atoms with Gasteiger partial charge >= 0.3 is 12.1 Å². The monoisotopic (exact) mass is 567 g/mol. The van der Waals surface area contributed by atoms with E-state index in [0.29, 0.717) is 17.9 Å². The Morgan fingerprint density at radius 1 is 1.24 bits per heavy atom. The molecule has 0 aromatic heterocycles. The first kappa shape index (κ1) is 28.9. The molecule has 8 nitrogen and oxygen atoms in total. The molecule has 38 heavy (non-hydrogen) atoms. The number of hydrogen-bond acceptors (Lipinski definition) is 7. The highest BCUT2D eigenvalue weighted by Gasteiger charge is 2.44. The molecule has 0 saturated carbocycles. The molecule has 1 aliphatic rings. The molecule has 0 bridgehead atoms. The van der Waals surface area contributed by atoms with E-state index in [-0.39, 0.29) is 27.1 Å². The van der Waals surface area contributed by atoms with Crippen LogP contribution in [-0.2, 0) is 25.3 Å². The van der Waals surface area contributed by atoms with Crippen molar-refractivity contribution in [1.82, 2.24) is 5.32 Å². The van der Waals surface area contributed by atoms with Gasteiger partial charge in [-0.1, -0.05) is 35.5 Å². The smallest absolute Gasteiger partial charge is 0.416 e. The van der Waals surface area contributed by atoms with Gasteiger partial charge in [0.2, 0.25) is 11.8 Å². The van der Waals surface area contributed by atoms with Crippen LogP contribution in [0, 0.1) is 17.2 Å². The van der Waals surface area contributed by atoms with Gasteiger partial charge in [0.1, 0.15) is 11.7 Å². The summed E-state index contributed by atoms with van der Waals surface area (Å²) >= 11 is 7.09. The van der Waals surface area contributed by atoms with Gasteiger partial charge in [-0.3, -0.25) is 14.4 Å². The third-order valence-corrected chi connectivity index (χ3v) is 6.73. The topological polar surface area (TPSA) is 118 Å². The maximum Gasteiger partial charge on any atom is 0.416 e. The van der Waals surface area contributed by atoms with Crippen molar-refractivity contribution in [2.24, 2.45) is 5.92 Å². The quantitative estimate of drug-likeness (QED) is 0.345. The molecule has 0 saturated heterocycles. The Hall–Kier alpha value is -3.69. The van der Waals surface area contributed by atoms with Gasteiger partial charge < -0.3 is 20.1 Å². The molecule has 1 aliphatic heterocycles. The molecule has 13 heteroatoms. The van der Waals surface area contributed by atoms with Crippen molar-refractivity contribution in [3.8, 4) is 11.8 Å². The van der Waals surface area contributed by atoms with Crippen molar-refractivity contribution in [3.63, 3.8) is 0 Å². The van der Waals surface area contributed by atoms with Crippen LogP contribution in [0.1, 0.15) is 24.0 Å². The van der Waals surface area contributed by atoms with E-state index < -0.39 is 41.4 Å². The molecule has 0 radical (unpaired) electrons. The van der Waals surface area contributed by atoms with Gasteiger partial charge in [-0.05, 0) is 42.8 Å². The average molecular weight is 568 g/mol. The maximum atomic E-state index is 12.9. The zero-order valence-corrected chi connectivity index (χ0v) is 21.6. The number of anilines is 1. The number of thioether (sulfide) groups is 1. The number of nitrogens with one attached hydrogen (secondary N) is 2. The van der Waals surface area contributed by atoms with Crippen molar-refractivity contribution in [1.29, 1.82) is 5.26 Å². The summed E-state index contributed by atoms with van der Waals surface area (Å²) in [5.41, 5.74) is -0.646. The molecule has 2 amide bonds. The first-order valence-electron chi connectivity index (χ1n) is 11.0. The second kappa shape index (κ2) is 12.2. The van der Waals surface area contributed by atoms with Crippen LogP contribution in [0.2, 0.25) is 5.02 Å². The maximum absolute atomic E-state index is 12.9. The van der Waals surface area contributed by atoms with E-state index in [1.54, 1.807) is 19.1 Å². The van der Waals surface area contributed by atoms with Crippen LogP contribution >= 0.6 is 23.4 Å². The summed E-state index contributed by atoms with van der Waals surface area (Å²) in [5.74, 6) is -4.78. The highest BCUT2D eigenvalue weighted by Crippen LogP contribution is 2.42. The minimum Gasteiger partial charge on any atom is -0.492 e. The summed E-state index contributed by atoms with van der Waals surface area (Å²) in [4.78, 5) is 37.9. The number of carbonyl (C=O) groups is 3. The number of allylic oxidation sites excluding steroid dienone is 1. The highest BCUT2D eigenvalue weighted by molar-refractivity contribution is 8.03.